The molecule has 4 rings (SSSR count). The molecule has 3 N–H and O–H groups in total. The summed E-state index contributed by atoms with van der Waals surface area (Å²) in [6.07, 6.45) is -1.49. The Labute approximate surface area is 195 Å². The Morgan fingerprint density at radius 2 is 1.76 bits per heavy atom. The molecule has 0 amide bonds. The topological polar surface area (TPSA) is 73.1 Å². The van der Waals surface area contributed by atoms with Crippen molar-refractivity contribution in [2.75, 3.05) is 44.2 Å². The summed E-state index contributed by atoms with van der Waals surface area (Å²) in [5.74, 6) is -0.409. The lowest BCUT2D eigenvalue weighted by Crippen LogP contribution is -2.47. The lowest BCUT2D eigenvalue weighted by Gasteiger charge is -2.36. The van der Waals surface area contributed by atoms with Gasteiger partial charge in [-0.15, -0.1) is 0 Å². The van der Waals surface area contributed by atoms with Crippen molar-refractivity contribution in [1.29, 1.82) is 0 Å². The van der Waals surface area contributed by atoms with Gasteiger partial charge < -0.3 is 25.2 Å². The van der Waals surface area contributed by atoms with Gasteiger partial charge in [-0.1, -0.05) is 0 Å². The molecular weight excluding hydrogens is 456 g/mol. The maximum absolute atomic E-state index is 13.8. The summed E-state index contributed by atoms with van der Waals surface area (Å²) in [5, 5.41) is 23.9. The Morgan fingerprint density at radius 1 is 1.03 bits per heavy atom. The predicted molar refractivity (Wildman–Crippen MR) is 119 cm³/mol. The molecule has 2 aliphatic rings. The number of aromatic nitrogens is 1. The number of rotatable bonds is 10. The van der Waals surface area contributed by atoms with Crippen molar-refractivity contribution in [1.82, 2.24) is 14.8 Å². The van der Waals surface area contributed by atoms with E-state index < -0.39 is 18.6 Å². The number of nitrogens with zero attached hydrogens (tertiary/aromatic N) is 3. The molecule has 1 saturated heterocycles. The second kappa shape index (κ2) is 10.3. The number of hydrogen-bond donors (Lipinski definition) is 3. The highest BCUT2D eigenvalue weighted by Gasteiger charge is 2.30. The maximum atomic E-state index is 13.8. The van der Waals surface area contributed by atoms with Gasteiger partial charge in [0.05, 0.1) is 5.69 Å². The molecule has 1 aliphatic heterocycles. The molecule has 2 heterocycles. The fourth-order valence-electron chi connectivity index (χ4n) is 4.16. The molecule has 11 heteroatoms. The minimum atomic E-state index is -4.47. The first-order valence-corrected chi connectivity index (χ1v) is 11.5. The normalized spacial score (nSPS) is 17.4. The summed E-state index contributed by atoms with van der Waals surface area (Å²) in [7, 11) is 0. The second-order valence-electron chi connectivity index (χ2n) is 8.86. The summed E-state index contributed by atoms with van der Waals surface area (Å²) < 4.78 is 57.8. The number of nitrogens with one attached hydrogen (secondary N) is 1. The van der Waals surface area contributed by atoms with Crippen molar-refractivity contribution < 1.29 is 32.5 Å². The van der Waals surface area contributed by atoms with E-state index in [0.717, 1.165) is 25.5 Å². The van der Waals surface area contributed by atoms with Gasteiger partial charge in [0.25, 0.3) is 0 Å². The lowest BCUT2D eigenvalue weighted by atomic mass is 10.2. The molecule has 0 spiro atoms. The number of alkyl halides is 3. The third-order valence-electron chi connectivity index (χ3n) is 6.16. The van der Waals surface area contributed by atoms with Gasteiger partial charge in [0.15, 0.2) is 18.4 Å². The van der Waals surface area contributed by atoms with Crippen molar-refractivity contribution in [2.24, 2.45) is 0 Å². The third-order valence-corrected chi connectivity index (χ3v) is 6.16. The van der Waals surface area contributed by atoms with Gasteiger partial charge in [-0.25, -0.2) is 4.39 Å². The van der Waals surface area contributed by atoms with Gasteiger partial charge in [0.2, 0.25) is 0 Å². The van der Waals surface area contributed by atoms with Crippen molar-refractivity contribution in [3.8, 4) is 17.5 Å². The van der Waals surface area contributed by atoms with Gasteiger partial charge in [0, 0.05) is 63.0 Å². The minimum Gasteiger partial charge on any atom is -0.494 e. The Bertz CT molecular complexity index is 970. The van der Waals surface area contributed by atoms with Crippen LogP contribution in [0.4, 0.5) is 23.2 Å². The van der Waals surface area contributed by atoms with Crippen LogP contribution in [0.25, 0.3) is 0 Å². The number of benzene rings is 1. The van der Waals surface area contributed by atoms with Crippen molar-refractivity contribution >= 4 is 5.69 Å². The van der Waals surface area contributed by atoms with E-state index in [1.807, 2.05) is 4.90 Å². The molecule has 1 aromatic carbocycles. The molecule has 34 heavy (non-hydrogen) atoms. The Morgan fingerprint density at radius 3 is 2.44 bits per heavy atom. The van der Waals surface area contributed by atoms with Crippen LogP contribution in [-0.2, 0) is 13.1 Å². The van der Waals surface area contributed by atoms with Gasteiger partial charge >= 0.3 is 6.18 Å². The largest absolute Gasteiger partial charge is 0.494 e. The summed E-state index contributed by atoms with van der Waals surface area (Å²) in [5.41, 5.74) is 0.995. The van der Waals surface area contributed by atoms with Crippen LogP contribution in [0.2, 0.25) is 0 Å². The Hall–Kier alpha value is -2.66. The molecular formula is C23H30F4N4O3. The number of piperazine rings is 1. The predicted octanol–water partition coefficient (Wildman–Crippen LogP) is 3.44. The van der Waals surface area contributed by atoms with Crippen LogP contribution in [0.3, 0.4) is 0 Å². The van der Waals surface area contributed by atoms with Crippen LogP contribution >= 0.6 is 0 Å². The molecule has 2 aromatic rings. The zero-order chi connectivity index (χ0) is 24.3. The van der Waals surface area contributed by atoms with Crippen molar-refractivity contribution in [2.45, 2.75) is 44.6 Å². The highest BCUT2D eigenvalue weighted by molar-refractivity contribution is 5.59. The highest BCUT2D eigenvalue weighted by Crippen LogP contribution is 2.32. The number of hydrogen-bond acceptors (Lipinski definition) is 6. The van der Waals surface area contributed by atoms with Crippen molar-refractivity contribution in [3.05, 3.63) is 35.6 Å². The molecule has 188 valence electrons. The first kappa shape index (κ1) is 24.5. The average molecular weight is 487 g/mol. The zero-order valence-corrected chi connectivity index (χ0v) is 18.8. The van der Waals surface area contributed by atoms with Crippen LogP contribution in [0.1, 0.15) is 24.8 Å². The summed E-state index contributed by atoms with van der Waals surface area (Å²) in [6.45, 7) is 2.61. The first-order valence-electron chi connectivity index (χ1n) is 11.5. The SMILES string of the molecule is Oc1cc(CNC2CC2)c(O)n1CCCN1CCN(c2cc(F)ccc2OCC(F)(F)F)CC1. The van der Waals surface area contributed by atoms with Crippen LogP contribution in [0, 0.1) is 5.82 Å². The smallest absolute Gasteiger partial charge is 0.422 e. The van der Waals surface area contributed by atoms with Gasteiger partial charge in [-0.2, -0.15) is 13.2 Å². The number of aromatic hydroxyl groups is 2. The summed E-state index contributed by atoms with van der Waals surface area (Å²) in [6, 6.07) is 5.61. The van der Waals surface area contributed by atoms with Crippen molar-refractivity contribution in [3.63, 3.8) is 0 Å². The number of anilines is 1. The van der Waals surface area contributed by atoms with Crippen LogP contribution < -0.4 is 15.0 Å². The van der Waals surface area contributed by atoms with E-state index in [-0.39, 0.29) is 17.5 Å². The quantitative estimate of drug-likeness (QED) is 0.447. The molecule has 1 aliphatic carbocycles. The molecule has 0 bridgehead atoms. The van der Waals surface area contributed by atoms with E-state index in [1.165, 1.54) is 16.7 Å². The van der Waals surface area contributed by atoms with Gasteiger partial charge in [-0.3, -0.25) is 9.47 Å². The summed E-state index contributed by atoms with van der Waals surface area (Å²) >= 11 is 0. The monoisotopic (exact) mass is 486 g/mol. The molecule has 1 saturated carbocycles. The molecule has 2 fully saturated rings. The standard InChI is InChI=1S/C23H30F4N4O3/c24-17-2-5-20(34-15-23(25,26)27)19(13-17)30-10-8-29(9-11-30)6-1-7-31-21(32)12-16(22(31)33)14-28-18-3-4-18/h2,5,12-13,18,28,32-33H,1,3-4,6-11,14-15H2. The zero-order valence-electron chi connectivity index (χ0n) is 18.8. The Balaban J connectivity index is 1.26. The first-order chi connectivity index (χ1) is 16.2. The molecule has 0 atom stereocenters. The van der Waals surface area contributed by atoms with E-state index in [2.05, 4.69) is 10.2 Å². The lowest BCUT2D eigenvalue weighted by molar-refractivity contribution is -0.153. The number of halogens is 4. The summed E-state index contributed by atoms with van der Waals surface area (Å²) in [4.78, 5) is 4.02. The highest BCUT2D eigenvalue weighted by atomic mass is 19.4. The van der Waals surface area contributed by atoms with Crippen LogP contribution in [-0.4, -0.2) is 71.2 Å². The molecule has 1 aromatic heterocycles. The fourth-order valence-corrected chi connectivity index (χ4v) is 4.16. The average Bonchev–Trinajstić information content (AvgIpc) is 3.58. The number of ether oxygens (including phenoxy) is 1. The van der Waals surface area contributed by atoms with E-state index >= 15 is 0 Å². The van der Waals surface area contributed by atoms with Gasteiger partial charge in [0.1, 0.15) is 11.6 Å². The van der Waals surface area contributed by atoms with Gasteiger partial charge in [-0.05, 0) is 37.9 Å². The fraction of sp³-hybridized carbons (Fsp3) is 0.565. The van der Waals surface area contributed by atoms with Crippen LogP contribution in [0.5, 0.6) is 17.5 Å². The van der Waals surface area contributed by atoms with E-state index in [1.54, 1.807) is 6.07 Å². The van der Waals surface area contributed by atoms with E-state index in [9.17, 15) is 27.8 Å². The molecule has 7 nitrogen and oxygen atoms in total. The van der Waals surface area contributed by atoms with E-state index in [0.29, 0.717) is 63.0 Å². The molecule has 0 unspecified atom stereocenters. The Kier molecular flexibility index (Phi) is 7.42. The second-order valence-corrected chi connectivity index (χ2v) is 8.86. The van der Waals surface area contributed by atoms with Crippen LogP contribution in [0.15, 0.2) is 24.3 Å². The molecule has 0 radical (unpaired) electrons. The third kappa shape index (κ3) is 6.47. The maximum Gasteiger partial charge on any atom is 0.422 e. The minimum absolute atomic E-state index is 0.0118. The van der Waals surface area contributed by atoms with E-state index in [4.69, 9.17) is 4.74 Å².